The highest BCUT2D eigenvalue weighted by Gasteiger charge is 2.38. The van der Waals surface area contributed by atoms with Crippen LogP contribution in [0.15, 0.2) is 91.0 Å². The molecular weight excluding hydrogens is 416 g/mol. The lowest BCUT2D eigenvalue weighted by atomic mass is 9.67. The van der Waals surface area contributed by atoms with Gasteiger partial charge >= 0.3 is 0 Å². The maximum atomic E-state index is 10.9. The largest absolute Gasteiger partial charge is 0.508 e. The van der Waals surface area contributed by atoms with Crippen LogP contribution in [0.2, 0.25) is 0 Å². The molecule has 0 amide bonds. The van der Waals surface area contributed by atoms with Crippen molar-refractivity contribution in [3.8, 4) is 28.7 Å². The first-order chi connectivity index (χ1) is 15.8. The van der Waals surface area contributed by atoms with Gasteiger partial charge in [-0.05, 0) is 84.5 Å². The smallest absolute Gasteiger partial charge is 0.123 e. The van der Waals surface area contributed by atoms with Gasteiger partial charge in [0, 0.05) is 11.0 Å². The Bertz CT molecular complexity index is 1080. The van der Waals surface area contributed by atoms with Gasteiger partial charge in [0.15, 0.2) is 0 Å². The fourth-order valence-electron chi connectivity index (χ4n) is 4.54. The zero-order valence-corrected chi connectivity index (χ0v) is 18.0. The molecule has 0 heterocycles. The van der Waals surface area contributed by atoms with Crippen LogP contribution in [0.25, 0.3) is 0 Å². The first-order valence-electron chi connectivity index (χ1n) is 10.7. The molecule has 0 aliphatic carbocycles. The zero-order valence-electron chi connectivity index (χ0n) is 18.0. The quantitative estimate of drug-likeness (QED) is 0.271. The van der Waals surface area contributed by atoms with Crippen molar-refractivity contribution in [1.29, 1.82) is 0 Å². The lowest BCUT2D eigenvalue weighted by Crippen LogP contribution is -2.34. The summed E-state index contributed by atoms with van der Waals surface area (Å²) < 4.78 is 0. The van der Waals surface area contributed by atoms with Crippen molar-refractivity contribution in [3.63, 3.8) is 0 Å². The van der Waals surface area contributed by atoms with Gasteiger partial charge in [-0.1, -0.05) is 42.5 Å². The van der Waals surface area contributed by atoms with E-state index in [1.165, 1.54) is 0 Å². The minimum atomic E-state index is -0.777. The molecule has 0 bridgehead atoms. The molecule has 0 atom stereocenters. The van der Waals surface area contributed by atoms with Gasteiger partial charge in [0.25, 0.3) is 0 Å². The average Bonchev–Trinajstić information content (AvgIpc) is 2.78. The summed E-state index contributed by atoms with van der Waals surface area (Å²) in [5, 5.41) is 51.1. The summed E-state index contributed by atoms with van der Waals surface area (Å²) in [6.45, 7) is 0. The SMILES string of the molecule is Oc1ccc(CC(Cc2ccc(O)cc2)(Cc2ccc(O)cc2)c2c(O)cccc2O)cc1. The fraction of sp³-hybridized carbons (Fsp3) is 0.143. The first kappa shape index (κ1) is 22.1. The van der Waals surface area contributed by atoms with Crippen LogP contribution in [0.4, 0.5) is 0 Å². The van der Waals surface area contributed by atoms with Crippen LogP contribution in [0.1, 0.15) is 22.3 Å². The van der Waals surface area contributed by atoms with E-state index in [1.54, 1.807) is 54.6 Å². The van der Waals surface area contributed by atoms with Crippen LogP contribution < -0.4 is 0 Å². The lowest BCUT2D eigenvalue weighted by molar-refractivity contribution is 0.356. The molecule has 0 aliphatic heterocycles. The van der Waals surface area contributed by atoms with E-state index in [1.807, 2.05) is 36.4 Å². The third-order valence-electron chi connectivity index (χ3n) is 5.99. The van der Waals surface area contributed by atoms with Gasteiger partial charge in [0.2, 0.25) is 0 Å². The first-order valence-corrected chi connectivity index (χ1v) is 10.7. The number of hydrogen-bond acceptors (Lipinski definition) is 5. The molecule has 4 aromatic carbocycles. The number of hydrogen-bond donors (Lipinski definition) is 5. The van der Waals surface area contributed by atoms with Gasteiger partial charge in [-0.2, -0.15) is 0 Å². The molecule has 0 unspecified atom stereocenters. The van der Waals surface area contributed by atoms with Gasteiger partial charge in [0.05, 0.1) is 0 Å². The molecule has 0 radical (unpaired) electrons. The predicted octanol–water partition coefficient (Wildman–Crippen LogP) is 5.18. The summed E-state index contributed by atoms with van der Waals surface area (Å²) in [5.74, 6) is 0.461. The summed E-state index contributed by atoms with van der Waals surface area (Å²) in [7, 11) is 0. The fourth-order valence-corrected chi connectivity index (χ4v) is 4.54. The van der Waals surface area contributed by atoms with Crippen LogP contribution >= 0.6 is 0 Å². The maximum absolute atomic E-state index is 10.9. The predicted molar refractivity (Wildman–Crippen MR) is 127 cm³/mol. The average molecular weight is 443 g/mol. The Labute approximate surface area is 192 Å². The molecular formula is C28H26O5. The third-order valence-corrected chi connectivity index (χ3v) is 5.99. The highest BCUT2D eigenvalue weighted by atomic mass is 16.3. The molecule has 5 nitrogen and oxygen atoms in total. The molecule has 5 heteroatoms. The molecule has 0 aromatic heterocycles. The highest BCUT2D eigenvalue weighted by molar-refractivity contribution is 5.51. The van der Waals surface area contributed by atoms with Crippen LogP contribution in [0.5, 0.6) is 28.7 Å². The van der Waals surface area contributed by atoms with Crippen LogP contribution in [-0.2, 0) is 24.7 Å². The summed E-state index contributed by atoms with van der Waals surface area (Å²) in [5.41, 5.74) is 2.42. The van der Waals surface area contributed by atoms with Gasteiger partial charge in [0.1, 0.15) is 28.7 Å². The minimum Gasteiger partial charge on any atom is -0.508 e. The van der Waals surface area contributed by atoms with Gasteiger partial charge in [-0.25, -0.2) is 0 Å². The Hall–Kier alpha value is -4.12. The molecule has 33 heavy (non-hydrogen) atoms. The van der Waals surface area contributed by atoms with Gasteiger partial charge in [-0.15, -0.1) is 0 Å². The number of phenolic OH excluding ortho intramolecular Hbond substituents is 5. The molecule has 4 aromatic rings. The van der Waals surface area contributed by atoms with Crippen molar-refractivity contribution in [1.82, 2.24) is 0 Å². The molecule has 168 valence electrons. The molecule has 0 saturated heterocycles. The number of rotatable bonds is 7. The normalized spacial score (nSPS) is 11.4. The standard InChI is InChI=1S/C28H26O5/c29-22-10-4-19(5-11-22)16-28(17-20-6-12-23(30)13-7-20,18-21-8-14-24(31)15-9-21)27-25(32)2-1-3-26(27)33/h1-15,29-33H,16-18H2. The molecule has 0 saturated carbocycles. The summed E-state index contributed by atoms with van der Waals surface area (Å²) in [6.07, 6.45) is 1.38. The van der Waals surface area contributed by atoms with E-state index >= 15 is 0 Å². The Morgan fingerprint density at radius 3 is 1.03 bits per heavy atom. The highest BCUT2D eigenvalue weighted by Crippen LogP contribution is 2.45. The summed E-state index contributed by atoms with van der Waals surface area (Å²) >= 11 is 0. The van der Waals surface area contributed by atoms with Gasteiger partial charge in [-0.3, -0.25) is 0 Å². The zero-order chi connectivity index (χ0) is 23.4. The van der Waals surface area contributed by atoms with Crippen LogP contribution in [0, 0.1) is 0 Å². The Morgan fingerprint density at radius 2 is 0.727 bits per heavy atom. The number of aromatic hydroxyl groups is 5. The summed E-state index contributed by atoms with van der Waals surface area (Å²) in [4.78, 5) is 0. The second-order valence-corrected chi connectivity index (χ2v) is 8.48. The van der Waals surface area contributed by atoms with Crippen molar-refractivity contribution >= 4 is 0 Å². The van der Waals surface area contributed by atoms with Crippen LogP contribution in [-0.4, -0.2) is 25.5 Å². The summed E-state index contributed by atoms with van der Waals surface area (Å²) in [6, 6.07) is 25.4. The Morgan fingerprint density at radius 1 is 0.424 bits per heavy atom. The van der Waals surface area contributed by atoms with Crippen molar-refractivity contribution in [3.05, 3.63) is 113 Å². The Kier molecular flexibility index (Phi) is 6.13. The van der Waals surface area contributed by atoms with Crippen molar-refractivity contribution < 1.29 is 25.5 Å². The minimum absolute atomic E-state index is 0.00802. The van der Waals surface area contributed by atoms with E-state index in [9.17, 15) is 25.5 Å². The lowest BCUT2D eigenvalue weighted by Gasteiger charge is -2.36. The van der Waals surface area contributed by atoms with E-state index in [-0.39, 0.29) is 28.7 Å². The molecule has 0 fully saturated rings. The van der Waals surface area contributed by atoms with Crippen molar-refractivity contribution in [2.24, 2.45) is 0 Å². The molecule has 5 N–H and O–H groups in total. The second-order valence-electron chi connectivity index (χ2n) is 8.48. The number of benzene rings is 4. The van der Waals surface area contributed by atoms with E-state index in [2.05, 4.69) is 0 Å². The van der Waals surface area contributed by atoms with Crippen molar-refractivity contribution in [2.45, 2.75) is 24.7 Å². The van der Waals surface area contributed by atoms with E-state index < -0.39 is 5.41 Å². The van der Waals surface area contributed by atoms with Crippen molar-refractivity contribution in [2.75, 3.05) is 0 Å². The number of phenols is 5. The molecule has 0 spiro atoms. The monoisotopic (exact) mass is 442 g/mol. The second kappa shape index (κ2) is 9.17. The van der Waals surface area contributed by atoms with Gasteiger partial charge < -0.3 is 25.5 Å². The van der Waals surface area contributed by atoms with E-state index in [4.69, 9.17) is 0 Å². The van der Waals surface area contributed by atoms with E-state index in [0.29, 0.717) is 24.8 Å². The molecule has 0 aliphatic rings. The topological polar surface area (TPSA) is 101 Å². The maximum Gasteiger partial charge on any atom is 0.123 e. The molecule has 4 rings (SSSR count). The van der Waals surface area contributed by atoms with Crippen LogP contribution in [0.3, 0.4) is 0 Å². The Balaban J connectivity index is 1.90. The third kappa shape index (κ3) is 5.04. The van der Waals surface area contributed by atoms with E-state index in [0.717, 1.165) is 16.7 Å².